The third kappa shape index (κ3) is 2.49. The average molecular weight is 273 g/mol. The minimum atomic E-state index is -1.34. The summed E-state index contributed by atoms with van der Waals surface area (Å²) in [5.74, 6) is -1.01. The van der Waals surface area contributed by atoms with Crippen LogP contribution in [0.1, 0.15) is 11.7 Å². The monoisotopic (exact) mass is 273 g/mol. The van der Waals surface area contributed by atoms with Crippen molar-refractivity contribution < 1.29 is 24.5 Å². The highest BCUT2D eigenvalue weighted by Gasteiger charge is 2.29. The number of amides is 1. The predicted molar refractivity (Wildman–Crippen MR) is 63.8 cm³/mol. The Labute approximate surface area is 107 Å². The zero-order valence-corrected chi connectivity index (χ0v) is 10.1. The summed E-state index contributed by atoms with van der Waals surface area (Å²) in [6.45, 7) is -0.394. The third-order valence-electron chi connectivity index (χ3n) is 2.55. The van der Waals surface area contributed by atoms with Crippen molar-refractivity contribution in [2.24, 2.45) is 0 Å². The lowest BCUT2D eigenvalue weighted by atomic mass is 10.1. The number of aliphatic hydroxyl groups excluding tert-OH is 3. The van der Waals surface area contributed by atoms with Crippen molar-refractivity contribution in [1.29, 1.82) is 0 Å². The Hall–Kier alpha value is -1.15. The fraction of sp³-hybridized carbons (Fsp3) is 0.364. The van der Waals surface area contributed by atoms with E-state index in [1.54, 1.807) is 0 Å². The zero-order valence-electron chi connectivity index (χ0n) is 9.26. The van der Waals surface area contributed by atoms with Crippen molar-refractivity contribution >= 4 is 23.4 Å². The molecule has 1 aliphatic rings. The Kier molecular flexibility index (Phi) is 3.86. The van der Waals surface area contributed by atoms with Crippen LogP contribution in [0.5, 0.6) is 0 Å². The van der Waals surface area contributed by atoms with E-state index < -0.39 is 30.5 Å². The van der Waals surface area contributed by atoms with Crippen LogP contribution in [0.15, 0.2) is 17.0 Å². The molecule has 0 aromatic heterocycles. The number of rotatable bonds is 4. The highest BCUT2D eigenvalue weighted by atomic mass is 32.2. The van der Waals surface area contributed by atoms with E-state index in [1.807, 2.05) is 0 Å². The lowest BCUT2D eigenvalue weighted by Gasteiger charge is -2.09. The third-order valence-corrected chi connectivity index (χ3v) is 3.72. The summed E-state index contributed by atoms with van der Waals surface area (Å²) >= 11 is 1.03. The molecule has 0 bridgehead atoms. The van der Waals surface area contributed by atoms with Gasteiger partial charge in [0, 0.05) is 21.9 Å². The predicted octanol–water partition coefficient (Wildman–Crippen LogP) is 0.257. The van der Waals surface area contributed by atoms with Crippen LogP contribution >= 0.6 is 11.8 Å². The summed E-state index contributed by atoms with van der Waals surface area (Å²) in [5, 5.41) is 29.7. The topological polar surface area (TPSA) is 89.8 Å². The summed E-state index contributed by atoms with van der Waals surface area (Å²) in [4.78, 5) is 11.4. The maximum absolute atomic E-state index is 13.7. The second kappa shape index (κ2) is 5.23. The largest absolute Gasteiger partial charge is 0.394 e. The number of thioether (sulfide) groups is 1. The smallest absolute Gasteiger partial charge is 0.257 e. The lowest BCUT2D eigenvalue weighted by Crippen LogP contribution is -2.14. The molecule has 1 amide bonds. The average Bonchev–Trinajstić information content (AvgIpc) is 2.62. The van der Waals surface area contributed by atoms with Crippen LogP contribution in [0.25, 0.3) is 0 Å². The van der Waals surface area contributed by atoms with Crippen molar-refractivity contribution in [1.82, 2.24) is 0 Å². The molecule has 0 radical (unpaired) electrons. The maximum Gasteiger partial charge on any atom is 0.257 e. The number of halogens is 1. The minimum absolute atomic E-state index is 0.142. The number of anilines is 1. The number of carbonyl (C=O) groups excluding carboxylic acids is 1. The molecule has 5 nitrogen and oxygen atoms in total. The van der Waals surface area contributed by atoms with E-state index in [1.165, 1.54) is 6.07 Å². The van der Waals surface area contributed by atoms with Gasteiger partial charge >= 0.3 is 0 Å². The van der Waals surface area contributed by atoms with Crippen molar-refractivity contribution in [3.8, 4) is 0 Å². The number of benzene rings is 1. The Morgan fingerprint density at radius 2 is 2.22 bits per heavy atom. The van der Waals surface area contributed by atoms with Crippen LogP contribution in [-0.2, 0) is 4.79 Å². The molecule has 0 aliphatic carbocycles. The molecular formula is C11H12FNO4S. The molecule has 7 heteroatoms. The number of hydrogen-bond acceptors (Lipinski definition) is 5. The molecule has 1 aromatic carbocycles. The molecule has 2 atom stereocenters. The van der Waals surface area contributed by atoms with Gasteiger partial charge in [-0.1, -0.05) is 0 Å². The van der Waals surface area contributed by atoms with Crippen LogP contribution in [0, 0.1) is 5.82 Å². The Bertz CT molecular complexity index is 482. The van der Waals surface area contributed by atoms with Gasteiger partial charge < -0.3 is 20.6 Å². The van der Waals surface area contributed by atoms with E-state index in [9.17, 15) is 19.4 Å². The molecule has 0 saturated heterocycles. The number of nitrogens with one attached hydrogen (secondary N) is 1. The molecular weight excluding hydrogens is 261 g/mol. The van der Waals surface area contributed by atoms with E-state index >= 15 is 0 Å². The summed E-state index contributed by atoms with van der Waals surface area (Å²) in [7, 11) is 0. The molecule has 1 aromatic rings. The van der Waals surface area contributed by atoms with Crippen LogP contribution < -0.4 is 5.32 Å². The highest BCUT2D eigenvalue weighted by molar-refractivity contribution is 7.99. The SMILES string of the molecule is O=C1Nc2cc(SCC(O)CO)c(F)cc2C1O. The minimum Gasteiger partial charge on any atom is -0.394 e. The number of aliphatic hydroxyl groups is 3. The fourth-order valence-corrected chi connectivity index (χ4v) is 2.47. The van der Waals surface area contributed by atoms with Gasteiger partial charge in [-0.25, -0.2) is 4.39 Å². The number of fused-ring (bicyclic) bond motifs is 1. The molecule has 0 spiro atoms. The number of hydrogen-bond donors (Lipinski definition) is 4. The van der Waals surface area contributed by atoms with Gasteiger partial charge in [-0.3, -0.25) is 4.79 Å². The van der Waals surface area contributed by atoms with Gasteiger partial charge in [0.2, 0.25) is 0 Å². The summed E-state index contributed by atoms with van der Waals surface area (Å²) in [5.41, 5.74) is 0.583. The van der Waals surface area contributed by atoms with Gasteiger partial charge in [-0.05, 0) is 12.1 Å². The van der Waals surface area contributed by atoms with Crippen molar-refractivity contribution in [2.75, 3.05) is 17.7 Å². The first-order chi connectivity index (χ1) is 8.52. The Morgan fingerprint density at radius 3 is 2.89 bits per heavy atom. The van der Waals surface area contributed by atoms with Crippen molar-refractivity contribution in [3.05, 3.63) is 23.5 Å². The first-order valence-electron chi connectivity index (χ1n) is 5.27. The van der Waals surface area contributed by atoms with Gasteiger partial charge in [0.25, 0.3) is 5.91 Å². The molecule has 4 N–H and O–H groups in total. The second-order valence-electron chi connectivity index (χ2n) is 3.91. The molecule has 0 fully saturated rings. The maximum atomic E-state index is 13.7. The van der Waals surface area contributed by atoms with E-state index in [0.717, 1.165) is 17.8 Å². The second-order valence-corrected chi connectivity index (χ2v) is 4.97. The van der Waals surface area contributed by atoms with Crippen LogP contribution in [0.2, 0.25) is 0 Å². The fourth-order valence-electron chi connectivity index (χ4n) is 1.59. The van der Waals surface area contributed by atoms with Crippen molar-refractivity contribution in [2.45, 2.75) is 17.1 Å². The first kappa shape index (κ1) is 13.3. The van der Waals surface area contributed by atoms with Crippen LogP contribution in [-0.4, -0.2) is 39.7 Å². The summed E-state index contributed by atoms with van der Waals surface area (Å²) in [6.07, 6.45) is -2.26. The normalized spacial score (nSPS) is 19.6. The highest BCUT2D eigenvalue weighted by Crippen LogP contribution is 2.36. The van der Waals surface area contributed by atoms with Gasteiger partial charge in [-0.15, -0.1) is 11.8 Å². The van der Waals surface area contributed by atoms with Gasteiger partial charge in [0.1, 0.15) is 5.82 Å². The first-order valence-corrected chi connectivity index (χ1v) is 6.25. The van der Waals surface area contributed by atoms with Crippen LogP contribution in [0.4, 0.5) is 10.1 Å². The van der Waals surface area contributed by atoms with Gasteiger partial charge in [0.05, 0.1) is 12.7 Å². The molecule has 1 aliphatic heterocycles. The lowest BCUT2D eigenvalue weighted by molar-refractivity contribution is -0.123. The van der Waals surface area contributed by atoms with E-state index in [2.05, 4.69) is 5.32 Å². The number of carbonyl (C=O) groups is 1. The van der Waals surface area contributed by atoms with E-state index in [0.29, 0.717) is 5.69 Å². The van der Waals surface area contributed by atoms with Gasteiger partial charge in [-0.2, -0.15) is 0 Å². The summed E-state index contributed by atoms with van der Waals surface area (Å²) in [6, 6.07) is 2.51. The molecule has 2 rings (SSSR count). The molecule has 98 valence electrons. The Balaban J connectivity index is 2.19. The molecule has 18 heavy (non-hydrogen) atoms. The van der Waals surface area contributed by atoms with E-state index in [4.69, 9.17) is 5.11 Å². The molecule has 0 saturated carbocycles. The Morgan fingerprint density at radius 1 is 1.50 bits per heavy atom. The van der Waals surface area contributed by atoms with Gasteiger partial charge in [0.15, 0.2) is 6.10 Å². The quantitative estimate of drug-likeness (QED) is 0.591. The standard InChI is InChI=1S/C11H12FNO4S/c12-7-1-6-8(13-11(17)10(6)16)2-9(7)18-4-5(15)3-14/h1-2,5,10,14-16H,3-4H2,(H,13,17). The van der Waals surface area contributed by atoms with E-state index in [-0.39, 0.29) is 16.2 Å². The molecule has 2 unspecified atom stereocenters. The zero-order chi connectivity index (χ0) is 13.3. The van der Waals surface area contributed by atoms with Crippen molar-refractivity contribution in [3.63, 3.8) is 0 Å². The van der Waals surface area contributed by atoms with Crippen LogP contribution in [0.3, 0.4) is 0 Å². The summed E-state index contributed by atoms with van der Waals surface area (Å²) < 4.78 is 13.7. The molecule has 1 heterocycles.